The molecule has 0 aromatic rings. The molecule has 0 radical (unpaired) electrons. The second kappa shape index (κ2) is 5.22. The highest BCUT2D eigenvalue weighted by molar-refractivity contribution is 5.43. The molecule has 6 rings (SSSR count). The third kappa shape index (κ3) is 1.84. The largest absolute Gasteiger partial charge is 0.306 e. The summed E-state index contributed by atoms with van der Waals surface area (Å²) >= 11 is 0. The zero-order chi connectivity index (χ0) is 17.7. The van der Waals surface area contributed by atoms with Crippen molar-refractivity contribution < 1.29 is 0 Å². The zero-order valence-electron chi connectivity index (χ0n) is 16.9. The van der Waals surface area contributed by atoms with Crippen LogP contribution in [0.2, 0.25) is 0 Å². The minimum Gasteiger partial charge on any atom is -0.306 e. The van der Waals surface area contributed by atoms with Crippen LogP contribution in [-0.4, -0.2) is 121 Å². The SMILES string of the molecule is CN1CCCN(C2CC3(CCN(C)C3)C3(N2)N2CC4CC23CN4C)CC1. The highest BCUT2D eigenvalue weighted by Gasteiger charge is 2.89. The number of hydrogen-bond donors (Lipinski definition) is 1. The molecule has 3 spiro atoms. The lowest BCUT2D eigenvalue weighted by Gasteiger charge is -2.34. The van der Waals surface area contributed by atoms with E-state index in [1.807, 2.05) is 0 Å². The van der Waals surface area contributed by atoms with E-state index in [9.17, 15) is 0 Å². The Morgan fingerprint density at radius 2 is 1.77 bits per heavy atom. The Balaban J connectivity index is 1.32. The van der Waals surface area contributed by atoms with Crippen molar-refractivity contribution in [3.05, 3.63) is 0 Å². The predicted octanol–water partition coefficient (Wildman–Crippen LogP) is -0.266. The average molecular weight is 361 g/mol. The number of rotatable bonds is 1. The Morgan fingerprint density at radius 1 is 0.885 bits per heavy atom. The third-order valence-electron chi connectivity index (χ3n) is 9.11. The van der Waals surface area contributed by atoms with Crippen LogP contribution < -0.4 is 5.32 Å². The maximum atomic E-state index is 4.33. The molecule has 6 atom stereocenters. The van der Waals surface area contributed by atoms with Crippen molar-refractivity contribution in [2.75, 3.05) is 73.5 Å². The Bertz CT molecular complexity index is 609. The van der Waals surface area contributed by atoms with Gasteiger partial charge in [0.15, 0.2) is 0 Å². The lowest BCUT2D eigenvalue weighted by atomic mass is 9.73. The van der Waals surface area contributed by atoms with Crippen LogP contribution in [0.5, 0.6) is 0 Å². The van der Waals surface area contributed by atoms with Gasteiger partial charge >= 0.3 is 0 Å². The number of hydrogen-bond acceptors (Lipinski definition) is 6. The number of nitrogens with one attached hydrogen (secondary N) is 1. The third-order valence-corrected chi connectivity index (χ3v) is 9.11. The quantitative estimate of drug-likeness (QED) is 0.648. The molecule has 0 saturated carbocycles. The normalized spacial score (nSPS) is 55.3. The van der Waals surface area contributed by atoms with Crippen LogP contribution in [0.3, 0.4) is 0 Å². The van der Waals surface area contributed by atoms with Gasteiger partial charge in [0.2, 0.25) is 0 Å². The van der Waals surface area contributed by atoms with Crippen LogP contribution >= 0.6 is 0 Å². The van der Waals surface area contributed by atoms with Gasteiger partial charge in [0.1, 0.15) is 5.66 Å². The molecule has 0 aromatic heterocycles. The van der Waals surface area contributed by atoms with E-state index < -0.39 is 0 Å². The van der Waals surface area contributed by atoms with Crippen molar-refractivity contribution >= 4 is 0 Å². The van der Waals surface area contributed by atoms with Gasteiger partial charge in [-0.05, 0) is 59.9 Å². The van der Waals surface area contributed by atoms with Crippen LogP contribution in [0.15, 0.2) is 0 Å². The van der Waals surface area contributed by atoms with Crippen molar-refractivity contribution in [1.82, 2.24) is 29.8 Å². The van der Waals surface area contributed by atoms with E-state index in [0.717, 1.165) is 6.04 Å². The number of nitrogens with zero attached hydrogens (tertiary/aromatic N) is 5. The van der Waals surface area contributed by atoms with Gasteiger partial charge in [-0.15, -0.1) is 0 Å². The fraction of sp³-hybridized carbons (Fsp3) is 1.00. The number of likely N-dealkylation sites (N-methyl/N-ethyl adjacent to an activating group) is 2. The summed E-state index contributed by atoms with van der Waals surface area (Å²) in [6.45, 7) is 10.1. The molecule has 6 fully saturated rings. The van der Waals surface area contributed by atoms with Crippen molar-refractivity contribution in [3.8, 4) is 0 Å². The van der Waals surface area contributed by atoms with E-state index >= 15 is 0 Å². The fourth-order valence-corrected chi connectivity index (χ4v) is 7.95. The second-order valence-corrected chi connectivity index (χ2v) is 10.5. The van der Waals surface area contributed by atoms with Crippen molar-refractivity contribution in [3.63, 3.8) is 0 Å². The number of piperazine rings is 1. The van der Waals surface area contributed by atoms with Gasteiger partial charge in [-0.25, -0.2) is 0 Å². The monoisotopic (exact) mass is 360 g/mol. The first-order valence-corrected chi connectivity index (χ1v) is 10.9. The molecule has 1 N–H and O–H groups in total. The molecule has 6 heterocycles. The van der Waals surface area contributed by atoms with E-state index in [1.165, 1.54) is 78.0 Å². The molecule has 0 amide bonds. The summed E-state index contributed by atoms with van der Waals surface area (Å²) in [4.78, 5) is 13.5. The highest BCUT2D eigenvalue weighted by Crippen LogP contribution is 2.72. The van der Waals surface area contributed by atoms with E-state index in [0.29, 0.717) is 17.1 Å². The predicted molar refractivity (Wildman–Crippen MR) is 103 cm³/mol. The smallest absolute Gasteiger partial charge is 0.101 e. The molecule has 26 heavy (non-hydrogen) atoms. The van der Waals surface area contributed by atoms with Crippen molar-refractivity contribution in [2.24, 2.45) is 5.41 Å². The van der Waals surface area contributed by atoms with Gasteiger partial charge in [0, 0.05) is 50.7 Å². The Morgan fingerprint density at radius 3 is 2.50 bits per heavy atom. The molecule has 0 aliphatic carbocycles. The summed E-state index contributed by atoms with van der Waals surface area (Å²) in [5, 5.41) is 4.33. The van der Waals surface area contributed by atoms with Gasteiger partial charge in [0.25, 0.3) is 0 Å². The summed E-state index contributed by atoms with van der Waals surface area (Å²) in [6, 6.07) is 0.810. The fourth-order valence-electron chi connectivity index (χ4n) is 7.95. The first kappa shape index (κ1) is 16.7. The molecule has 6 nitrogen and oxygen atoms in total. The minimum absolute atomic E-state index is 0.287. The standard InChI is InChI=1S/C20H36N6/c1-22-6-4-7-25(10-9-22)17-12-18(5-8-23(2)14-18)20(21-17)19-11-16(13-26(19)20)24(3)15-19/h16-17,21H,4-15H2,1-3H3. The summed E-state index contributed by atoms with van der Waals surface area (Å²) in [6.07, 6.45) is 6.03. The van der Waals surface area contributed by atoms with Crippen molar-refractivity contribution in [2.45, 2.75) is 49.1 Å². The maximum absolute atomic E-state index is 4.33. The van der Waals surface area contributed by atoms with Gasteiger partial charge in [0.05, 0.1) is 11.7 Å². The number of likely N-dealkylation sites (tertiary alicyclic amines) is 2. The van der Waals surface area contributed by atoms with E-state index in [-0.39, 0.29) is 5.66 Å². The first-order chi connectivity index (χ1) is 12.5. The number of fused-ring (bicyclic) bond motifs is 3. The molecular formula is C20H36N6. The van der Waals surface area contributed by atoms with Crippen LogP contribution in [-0.2, 0) is 0 Å². The highest BCUT2D eigenvalue weighted by atomic mass is 15.7. The Hall–Kier alpha value is -0.240. The Kier molecular flexibility index (Phi) is 3.35. The molecule has 6 aliphatic rings. The zero-order valence-corrected chi connectivity index (χ0v) is 16.9. The lowest BCUT2D eigenvalue weighted by Crippen LogP contribution is -2.53. The maximum Gasteiger partial charge on any atom is 0.101 e. The Labute approximate surface area is 158 Å². The molecule has 6 unspecified atom stereocenters. The summed E-state index contributed by atoms with van der Waals surface area (Å²) in [7, 11) is 6.98. The first-order valence-electron chi connectivity index (χ1n) is 10.9. The summed E-state index contributed by atoms with van der Waals surface area (Å²) in [5.74, 6) is 0. The molecule has 0 aromatic carbocycles. The topological polar surface area (TPSA) is 28.0 Å². The molecule has 6 heteroatoms. The molecule has 2 bridgehead atoms. The van der Waals surface area contributed by atoms with Gasteiger partial charge in [-0.2, -0.15) is 0 Å². The summed E-state index contributed by atoms with van der Waals surface area (Å²) < 4.78 is 0. The molecule has 146 valence electrons. The van der Waals surface area contributed by atoms with Gasteiger partial charge in [-0.3, -0.25) is 15.1 Å². The van der Waals surface area contributed by atoms with E-state index in [1.54, 1.807) is 0 Å². The van der Waals surface area contributed by atoms with Crippen LogP contribution in [0.25, 0.3) is 0 Å². The summed E-state index contributed by atoms with van der Waals surface area (Å²) in [5.41, 5.74) is 1.19. The van der Waals surface area contributed by atoms with E-state index in [2.05, 4.69) is 51.0 Å². The van der Waals surface area contributed by atoms with Gasteiger partial charge < -0.3 is 14.7 Å². The second-order valence-electron chi connectivity index (χ2n) is 10.5. The molecular weight excluding hydrogens is 324 g/mol. The minimum atomic E-state index is 0.287. The van der Waals surface area contributed by atoms with Crippen molar-refractivity contribution in [1.29, 1.82) is 0 Å². The van der Waals surface area contributed by atoms with Crippen LogP contribution in [0.4, 0.5) is 0 Å². The van der Waals surface area contributed by atoms with Gasteiger partial charge in [-0.1, -0.05) is 0 Å². The molecule has 6 aliphatic heterocycles. The van der Waals surface area contributed by atoms with Crippen LogP contribution in [0.1, 0.15) is 25.7 Å². The van der Waals surface area contributed by atoms with Crippen LogP contribution in [0, 0.1) is 5.41 Å². The van der Waals surface area contributed by atoms with E-state index in [4.69, 9.17) is 0 Å². The molecule has 6 saturated heterocycles. The average Bonchev–Trinajstić information content (AvgIpc) is 3.04. The number of piperidine rings is 1. The lowest BCUT2D eigenvalue weighted by molar-refractivity contribution is 0.157.